The second kappa shape index (κ2) is 5.14. The normalized spacial score (nSPS) is 16.8. The summed E-state index contributed by atoms with van der Waals surface area (Å²) in [4.78, 5) is 4.17. The fourth-order valence-electron chi connectivity index (χ4n) is 1.90. The van der Waals surface area contributed by atoms with Crippen LogP contribution in [0.25, 0.3) is 0 Å². The second-order valence-corrected chi connectivity index (χ2v) is 4.15. The van der Waals surface area contributed by atoms with Crippen molar-refractivity contribution in [2.45, 2.75) is 25.9 Å². The molecule has 0 spiro atoms. The molecule has 5 nitrogen and oxygen atoms in total. The van der Waals surface area contributed by atoms with Gasteiger partial charge in [0.15, 0.2) is 0 Å². The van der Waals surface area contributed by atoms with Crippen LogP contribution in [0.1, 0.15) is 24.0 Å². The molecular weight excluding hydrogens is 218 g/mol. The van der Waals surface area contributed by atoms with Gasteiger partial charge < -0.3 is 15.2 Å². The number of pyridine rings is 1. The summed E-state index contributed by atoms with van der Waals surface area (Å²) in [5.41, 5.74) is 7.07. The van der Waals surface area contributed by atoms with Crippen LogP contribution in [0.4, 0.5) is 0 Å². The SMILES string of the molecule is Cc1ccnc(OC2CCOCC2)c1C(=N)N. The largest absolute Gasteiger partial charge is 0.474 e. The van der Waals surface area contributed by atoms with Gasteiger partial charge in [0.2, 0.25) is 5.88 Å². The van der Waals surface area contributed by atoms with E-state index < -0.39 is 0 Å². The monoisotopic (exact) mass is 235 g/mol. The van der Waals surface area contributed by atoms with Crippen molar-refractivity contribution in [1.82, 2.24) is 4.98 Å². The summed E-state index contributed by atoms with van der Waals surface area (Å²) in [6, 6.07) is 1.83. The summed E-state index contributed by atoms with van der Waals surface area (Å²) in [5, 5.41) is 7.57. The molecule has 5 heteroatoms. The first-order valence-electron chi connectivity index (χ1n) is 5.73. The molecule has 3 N–H and O–H groups in total. The molecule has 0 aliphatic carbocycles. The number of aryl methyl sites for hydroxylation is 1. The number of rotatable bonds is 3. The van der Waals surface area contributed by atoms with Gasteiger partial charge in [-0.25, -0.2) is 4.98 Å². The van der Waals surface area contributed by atoms with Crippen LogP contribution in [0.3, 0.4) is 0 Å². The first-order valence-corrected chi connectivity index (χ1v) is 5.73. The molecule has 92 valence electrons. The maximum atomic E-state index is 7.57. The molecule has 17 heavy (non-hydrogen) atoms. The van der Waals surface area contributed by atoms with Crippen molar-refractivity contribution in [3.63, 3.8) is 0 Å². The number of nitrogens with one attached hydrogen (secondary N) is 1. The molecule has 0 bridgehead atoms. The lowest BCUT2D eigenvalue weighted by atomic mass is 10.1. The Labute approximate surface area is 100 Å². The summed E-state index contributed by atoms with van der Waals surface area (Å²) in [7, 11) is 0. The molecule has 0 unspecified atom stereocenters. The number of nitrogens with two attached hydrogens (primary N) is 1. The molecule has 1 saturated heterocycles. The Morgan fingerprint density at radius 3 is 2.88 bits per heavy atom. The topological polar surface area (TPSA) is 81.2 Å². The van der Waals surface area contributed by atoms with E-state index in [2.05, 4.69) is 4.98 Å². The molecule has 2 rings (SSSR count). The zero-order chi connectivity index (χ0) is 12.3. The Morgan fingerprint density at radius 1 is 1.53 bits per heavy atom. The van der Waals surface area contributed by atoms with Crippen LogP contribution in [0.5, 0.6) is 5.88 Å². The average Bonchev–Trinajstić information content (AvgIpc) is 2.30. The van der Waals surface area contributed by atoms with E-state index in [0.29, 0.717) is 24.7 Å². The van der Waals surface area contributed by atoms with E-state index >= 15 is 0 Å². The minimum absolute atomic E-state index is 0.00217. The smallest absolute Gasteiger partial charge is 0.225 e. The van der Waals surface area contributed by atoms with Crippen LogP contribution >= 0.6 is 0 Å². The zero-order valence-electron chi connectivity index (χ0n) is 9.90. The van der Waals surface area contributed by atoms with Crippen molar-refractivity contribution in [2.75, 3.05) is 13.2 Å². The molecular formula is C12H17N3O2. The van der Waals surface area contributed by atoms with Gasteiger partial charge in [0, 0.05) is 19.0 Å². The van der Waals surface area contributed by atoms with Crippen molar-refractivity contribution < 1.29 is 9.47 Å². The standard InChI is InChI=1S/C12H17N3O2/c1-8-2-5-15-12(10(8)11(13)14)17-9-3-6-16-7-4-9/h2,5,9H,3-4,6-7H2,1H3,(H3,13,14). The van der Waals surface area contributed by atoms with E-state index in [1.165, 1.54) is 0 Å². The molecule has 1 aromatic rings. The number of aromatic nitrogens is 1. The lowest BCUT2D eigenvalue weighted by Crippen LogP contribution is -2.27. The quantitative estimate of drug-likeness (QED) is 0.610. The molecule has 0 aromatic carbocycles. The highest BCUT2D eigenvalue weighted by Gasteiger charge is 2.19. The Balaban J connectivity index is 2.19. The van der Waals surface area contributed by atoms with Gasteiger partial charge in [-0.15, -0.1) is 0 Å². The highest BCUT2D eigenvalue weighted by Crippen LogP contribution is 2.22. The van der Waals surface area contributed by atoms with E-state index in [1.54, 1.807) is 6.20 Å². The van der Waals surface area contributed by atoms with Gasteiger partial charge in [0.25, 0.3) is 0 Å². The molecule has 1 fully saturated rings. The van der Waals surface area contributed by atoms with Crippen molar-refractivity contribution in [1.29, 1.82) is 5.41 Å². The van der Waals surface area contributed by atoms with Crippen LogP contribution in [0, 0.1) is 12.3 Å². The minimum Gasteiger partial charge on any atom is -0.474 e. The van der Waals surface area contributed by atoms with Gasteiger partial charge in [0.05, 0.1) is 18.8 Å². The molecule has 1 aliphatic rings. The summed E-state index contributed by atoms with van der Waals surface area (Å²) in [6.45, 7) is 3.33. The first-order chi connectivity index (χ1) is 8.18. The molecule has 1 aromatic heterocycles. The molecule has 2 heterocycles. The number of nitrogen functional groups attached to an aromatic ring is 1. The van der Waals surface area contributed by atoms with Gasteiger partial charge in [-0.1, -0.05) is 0 Å². The van der Waals surface area contributed by atoms with Crippen LogP contribution < -0.4 is 10.5 Å². The summed E-state index contributed by atoms with van der Waals surface area (Å²) in [5.74, 6) is 0.460. The highest BCUT2D eigenvalue weighted by molar-refractivity contribution is 5.98. The van der Waals surface area contributed by atoms with Gasteiger partial charge in [-0.3, -0.25) is 5.41 Å². The Morgan fingerprint density at radius 2 is 2.24 bits per heavy atom. The van der Waals surface area contributed by atoms with E-state index in [0.717, 1.165) is 18.4 Å². The predicted molar refractivity (Wildman–Crippen MR) is 64.5 cm³/mol. The lowest BCUT2D eigenvalue weighted by molar-refractivity contribution is 0.0236. The molecule has 0 radical (unpaired) electrons. The number of hydrogen-bond acceptors (Lipinski definition) is 4. The van der Waals surface area contributed by atoms with Gasteiger partial charge >= 0.3 is 0 Å². The van der Waals surface area contributed by atoms with Crippen molar-refractivity contribution in [3.05, 3.63) is 23.4 Å². The third-order valence-electron chi connectivity index (χ3n) is 2.84. The van der Waals surface area contributed by atoms with E-state index in [4.69, 9.17) is 20.6 Å². The third-order valence-corrected chi connectivity index (χ3v) is 2.84. The van der Waals surface area contributed by atoms with Crippen molar-refractivity contribution in [2.24, 2.45) is 5.73 Å². The van der Waals surface area contributed by atoms with Crippen LogP contribution in [-0.2, 0) is 4.74 Å². The third kappa shape index (κ3) is 2.74. The van der Waals surface area contributed by atoms with Crippen LogP contribution in [0.15, 0.2) is 12.3 Å². The Bertz CT molecular complexity index is 414. The second-order valence-electron chi connectivity index (χ2n) is 4.15. The van der Waals surface area contributed by atoms with Gasteiger partial charge in [0.1, 0.15) is 11.9 Å². The zero-order valence-corrected chi connectivity index (χ0v) is 9.90. The van der Waals surface area contributed by atoms with Crippen molar-refractivity contribution >= 4 is 5.84 Å². The number of amidine groups is 1. The van der Waals surface area contributed by atoms with E-state index in [-0.39, 0.29) is 11.9 Å². The summed E-state index contributed by atoms with van der Waals surface area (Å²) >= 11 is 0. The lowest BCUT2D eigenvalue weighted by Gasteiger charge is -2.24. The van der Waals surface area contributed by atoms with Crippen LogP contribution in [0.2, 0.25) is 0 Å². The highest BCUT2D eigenvalue weighted by atomic mass is 16.5. The maximum absolute atomic E-state index is 7.57. The maximum Gasteiger partial charge on any atom is 0.225 e. The first kappa shape index (κ1) is 11.9. The summed E-state index contributed by atoms with van der Waals surface area (Å²) < 4.78 is 11.1. The molecule has 0 amide bonds. The molecule has 1 aliphatic heterocycles. The van der Waals surface area contributed by atoms with Gasteiger partial charge in [-0.05, 0) is 18.6 Å². The Kier molecular flexibility index (Phi) is 3.58. The number of hydrogen-bond donors (Lipinski definition) is 2. The van der Waals surface area contributed by atoms with Gasteiger partial charge in [-0.2, -0.15) is 0 Å². The van der Waals surface area contributed by atoms with Crippen molar-refractivity contribution in [3.8, 4) is 5.88 Å². The Hall–Kier alpha value is -1.62. The number of ether oxygens (including phenoxy) is 2. The van der Waals surface area contributed by atoms with E-state index in [9.17, 15) is 0 Å². The fourth-order valence-corrected chi connectivity index (χ4v) is 1.90. The fraction of sp³-hybridized carbons (Fsp3) is 0.500. The minimum atomic E-state index is -0.00217. The number of nitrogens with zero attached hydrogens (tertiary/aromatic N) is 1. The molecule has 0 saturated carbocycles. The van der Waals surface area contributed by atoms with E-state index in [1.807, 2.05) is 13.0 Å². The molecule has 0 atom stereocenters. The van der Waals surface area contributed by atoms with Crippen LogP contribution in [-0.4, -0.2) is 30.1 Å². The average molecular weight is 235 g/mol. The predicted octanol–water partition coefficient (Wildman–Crippen LogP) is 1.23. The summed E-state index contributed by atoms with van der Waals surface area (Å²) in [6.07, 6.45) is 3.49.